The summed E-state index contributed by atoms with van der Waals surface area (Å²) in [7, 11) is 0. The van der Waals surface area contributed by atoms with Crippen molar-refractivity contribution in [2.45, 2.75) is 53.1 Å². The standard InChI is InChI=1S/C14H21N3O2.C2H6/c1-3-5-11-13-14(16-12(4-2)15-11)17-6-7-18-9-10(8-17)19-13;1-2/h10H,3-9H2,1-2H3;1-2H3. The van der Waals surface area contributed by atoms with Gasteiger partial charge in [-0.2, -0.15) is 0 Å². The zero-order chi connectivity index (χ0) is 15.2. The number of aromatic nitrogens is 2. The predicted molar refractivity (Wildman–Crippen MR) is 84.2 cm³/mol. The molecule has 1 saturated heterocycles. The van der Waals surface area contributed by atoms with Crippen molar-refractivity contribution in [3.8, 4) is 5.75 Å². The van der Waals surface area contributed by atoms with Crippen molar-refractivity contribution in [3.05, 3.63) is 11.5 Å². The molecule has 21 heavy (non-hydrogen) atoms. The molecule has 0 N–H and O–H groups in total. The van der Waals surface area contributed by atoms with Gasteiger partial charge >= 0.3 is 0 Å². The van der Waals surface area contributed by atoms with Gasteiger partial charge in [0.05, 0.1) is 25.5 Å². The maximum absolute atomic E-state index is 6.07. The molecule has 0 saturated carbocycles. The molecule has 3 heterocycles. The normalized spacial score (nSPS) is 19.8. The third kappa shape index (κ3) is 3.46. The van der Waals surface area contributed by atoms with Crippen LogP contribution >= 0.6 is 0 Å². The molecule has 1 aromatic heterocycles. The van der Waals surface area contributed by atoms with E-state index in [0.29, 0.717) is 6.61 Å². The van der Waals surface area contributed by atoms with E-state index in [0.717, 1.165) is 62.0 Å². The van der Waals surface area contributed by atoms with Crippen LogP contribution in [-0.2, 0) is 17.6 Å². The molecular formula is C16H27N3O2. The Morgan fingerprint density at radius 1 is 1.24 bits per heavy atom. The molecule has 3 rings (SSSR count). The van der Waals surface area contributed by atoms with Crippen LogP contribution in [0.2, 0.25) is 0 Å². The zero-order valence-electron chi connectivity index (χ0n) is 13.7. The second-order valence-electron chi connectivity index (χ2n) is 5.10. The Morgan fingerprint density at radius 2 is 2.05 bits per heavy atom. The molecule has 2 aliphatic rings. The molecule has 2 bridgehead atoms. The summed E-state index contributed by atoms with van der Waals surface area (Å²) in [5.41, 5.74) is 1.06. The molecule has 2 aliphatic heterocycles. The zero-order valence-corrected chi connectivity index (χ0v) is 13.7. The fraction of sp³-hybridized carbons (Fsp3) is 0.750. The quantitative estimate of drug-likeness (QED) is 0.857. The summed E-state index contributed by atoms with van der Waals surface area (Å²) >= 11 is 0. The lowest BCUT2D eigenvalue weighted by molar-refractivity contribution is 0.0710. The van der Waals surface area contributed by atoms with Crippen molar-refractivity contribution < 1.29 is 9.47 Å². The highest BCUT2D eigenvalue weighted by Gasteiger charge is 2.31. The van der Waals surface area contributed by atoms with Crippen LogP contribution in [0, 0.1) is 0 Å². The molecule has 0 radical (unpaired) electrons. The number of nitrogens with zero attached hydrogens (tertiary/aromatic N) is 3. The van der Waals surface area contributed by atoms with Crippen LogP contribution in [0.1, 0.15) is 45.6 Å². The van der Waals surface area contributed by atoms with Crippen molar-refractivity contribution in [1.82, 2.24) is 9.97 Å². The topological polar surface area (TPSA) is 47.5 Å². The molecule has 0 spiro atoms. The number of ether oxygens (including phenoxy) is 2. The Kier molecular flexibility index (Phi) is 5.79. The summed E-state index contributed by atoms with van der Waals surface area (Å²) in [5.74, 6) is 2.77. The number of rotatable bonds is 3. The average molecular weight is 293 g/mol. The first-order valence-corrected chi connectivity index (χ1v) is 8.21. The molecule has 1 aromatic rings. The summed E-state index contributed by atoms with van der Waals surface area (Å²) in [6, 6.07) is 0. The number of aryl methyl sites for hydroxylation is 2. The minimum absolute atomic E-state index is 0.113. The minimum Gasteiger partial charge on any atom is -0.480 e. The van der Waals surface area contributed by atoms with Gasteiger partial charge in [0.15, 0.2) is 11.6 Å². The van der Waals surface area contributed by atoms with Gasteiger partial charge in [-0.25, -0.2) is 9.97 Å². The molecule has 5 nitrogen and oxygen atoms in total. The lowest BCUT2D eigenvalue weighted by atomic mass is 10.1. The largest absolute Gasteiger partial charge is 0.480 e. The molecule has 1 unspecified atom stereocenters. The van der Waals surface area contributed by atoms with E-state index in [9.17, 15) is 0 Å². The molecule has 1 fully saturated rings. The fourth-order valence-corrected chi connectivity index (χ4v) is 2.64. The number of hydrogen-bond donors (Lipinski definition) is 0. The second kappa shape index (κ2) is 7.59. The molecule has 1 atom stereocenters. The molecule has 118 valence electrons. The predicted octanol–water partition coefficient (Wildman–Crippen LogP) is 2.62. The van der Waals surface area contributed by atoms with E-state index in [1.54, 1.807) is 0 Å². The molecule has 0 aromatic carbocycles. The van der Waals surface area contributed by atoms with Crippen LogP contribution in [-0.4, -0.2) is 42.4 Å². The van der Waals surface area contributed by atoms with Crippen LogP contribution in [0.15, 0.2) is 0 Å². The summed E-state index contributed by atoms with van der Waals surface area (Å²) in [6.07, 6.45) is 2.98. The van der Waals surface area contributed by atoms with E-state index < -0.39 is 0 Å². The van der Waals surface area contributed by atoms with E-state index in [-0.39, 0.29) is 6.10 Å². The summed E-state index contributed by atoms with van der Waals surface area (Å²) in [4.78, 5) is 11.6. The van der Waals surface area contributed by atoms with E-state index in [4.69, 9.17) is 9.47 Å². The van der Waals surface area contributed by atoms with Crippen LogP contribution in [0.4, 0.5) is 5.82 Å². The molecule has 0 aliphatic carbocycles. The second-order valence-corrected chi connectivity index (χ2v) is 5.10. The van der Waals surface area contributed by atoms with Gasteiger partial charge in [0, 0.05) is 13.0 Å². The van der Waals surface area contributed by atoms with Crippen molar-refractivity contribution in [1.29, 1.82) is 0 Å². The lowest BCUT2D eigenvalue weighted by Gasteiger charge is -2.33. The Bertz CT molecular complexity index is 465. The van der Waals surface area contributed by atoms with Crippen LogP contribution < -0.4 is 9.64 Å². The van der Waals surface area contributed by atoms with Gasteiger partial charge in [-0.15, -0.1) is 0 Å². The van der Waals surface area contributed by atoms with Gasteiger partial charge < -0.3 is 14.4 Å². The highest BCUT2D eigenvalue weighted by Crippen LogP contribution is 2.35. The van der Waals surface area contributed by atoms with Gasteiger partial charge in [-0.05, 0) is 6.42 Å². The van der Waals surface area contributed by atoms with E-state index in [1.165, 1.54) is 0 Å². The van der Waals surface area contributed by atoms with Crippen molar-refractivity contribution in [2.24, 2.45) is 0 Å². The van der Waals surface area contributed by atoms with E-state index in [1.807, 2.05) is 13.8 Å². The number of hydrogen-bond acceptors (Lipinski definition) is 5. The molecule has 0 amide bonds. The third-order valence-corrected chi connectivity index (χ3v) is 3.58. The Labute approximate surface area is 127 Å². The first-order valence-electron chi connectivity index (χ1n) is 8.21. The Balaban J connectivity index is 0.000000774. The minimum atomic E-state index is 0.113. The van der Waals surface area contributed by atoms with Gasteiger partial charge in [0.1, 0.15) is 11.9 Å². The monoisotopic (exact) mass is 293 g/mol. The first-order chi connectivity index (χ1) is 10.3. The maximum atomic E-state index is 6.07. The SMILES string of the molecule is CC.CCCc1nc(CC)nc2c1OC1COCCN2C1. The fourth-order valence-electron chi connectivity index (χ4n) is 2.64. The van der Waals surface area contributed by atoms with Gasteiger partial charge in [0.25, 0.3) is 0 Å². The van der Waals surface area contributed by atoms with Gasteiger partial charge in [-0.3, -0.25) is 0 Å². The lowest BCUT2D eigenvalue weighted by Crippen LogP contribution is -2.41. The van der Waals surface area contributed by atoms with Crippen molar-refractivity contribution >= 4 is 5.82 Å². The maximum Gasteiger partial charge on any atom is 0.183 e. The summed E-state index contributed by atoms with van der Waals surface area (Å²) in [6.45, 7) is 11.4. The summed E-state index contributed by atoms with van der Waals surface area (Å²) < 4.78 is 11.7. The third-order valence-electron chi connectivity index (χ3n) is 3.58. The average Bonchev–Trinajstić information content (AvgIpc) is 2.72. The smallest absolute Gasteiger partial charge is 0.183 e. The highest BCUT2D eigenvalue weighted by molar-refractivity contribution is 5.57. The Morgan fingerprint density at radius 3 is 2.76 bits per heavy atom. The molecule has 5 heteroatoms. The number of anilines is 1. The molecular weight excluding hydrogens is 266 g/mol. The van der Waals surface area contributed by atoms with Crippen LogP contribution in [0.3, 0.4) is 0 Å². The van der Waals surface area contributed by atoms with Gasteiger partial charge in [0.2, 0.25) is 0 Å². The van der Waals surface area contributed by atoms with Crippen LogP contribution in [0.5, 0.6) is 5.75 Å². The van der Waals surface area contributed by atoms with E-state index >= 15 is 0 Å². The first kappa shape index (κ1) is 16.0. The highest BCUT2D eigenvalue weighted by atomic mass is 16.5. The van der Waals surface area contributed by atoms with E-state index in [2.05, 4.69) is 28.7 Å². The summed E-state index contributed by atoms with van der Waals surface area (Å²) in [5, 5.41) is 0. The van der Waals surface area contributed by atoms with Crippen molar-refractivity contribution in [3.63, 3.8) is 0 Å². The van der Waals surface area contributed by atoms with Gasteiger partial charge in [-0.1, -0.05) is 34.1 Å². The van der Waals surface area contributed by atoms with Crippen LogP contribution in [0.25, 0.3) is 0 Å². The van der Waals surface area contributed by atoms with Crippen molar-refractivity contribution in [2.75, 3.05) is 31.2 Å². The number of fused-ring (bicyclic) bond motifs is 4. The Hall–Kier alpha value is -1.36.